The molecule has 0 aliphatic carbocycles. The van der Waals surface area contributed by atoms with Crippen molar-refractivity contribution in [3.05, 3.63) is 65.0 Å². The van der Waals surface area contributed by atoms with Gasteiger partial charge < -0.3 is 10.5 Å². The van der Waals surface area contributed by atoms with E-state index in [4.69, 9.17) is 10.5 Å². The summed E-state index contributed by atoms with van der Waals surface area (Å²) in [7, 11) is 0. The zero-order chi connectivity index (χ0) is 13.8. The third kappa shape index (κ3) is 3.32. The van der Waals surface area contributed by atoms with E-state index in [1.54, 1.807) is 18.2 Å². The highest BCUT2D eigenvalue weighted by molar-refractivity contribution is 5.34. The molecule has 0 fully saturated rings. The van der Waals surface area contributed by atoms with Crippen LogP contribution in [0.15, 0.2) is 42.5 Å². The smallest absolute Gasteiger partial charge is 0.128 e. The topological polar surface area (TPSA) is 35.2 Å². The van der Waals surface area contributed by atoms with Gasteiger partial charge in [0.05, 0.1) is 6.04 Å². The van der Waals surface area contributed by atoms with E-state index in [-0.39, 0.29) is 12.4 Å². The number of ether oxygens (including phenoxy) is 1. The Morgan fingerprint density at radius 2 is 1.84 bits per heavy atom. The molecule has 1 atom stereocenters. The van der Waals surface area contributed by atoms with Gasteiger partial charge in [-0.1, -0.05) is 24.3 Å². The Morgan fingerprint density at radius 1 is 1.11 bits per heavy atom. The summed E-state index contributed by atoms with van der Waals surface area (Å²) in [5, 5.41) is 0. The van der Waals surface area contributed by atoms with Crippen LogP contribution >= 0.6 is 0 Å². The molecule has 100 valence electrons. The van der Waals surface area contributed by atoms with Crippen molar-refractivity contribution < 1.29 is 9.13 Å². The van der Waals surface area contributed by atoms with E-state index in [0.717, 1.165) is 11.3 Å². The number of aryl methyl sites for hydroxylation is 2. The van der Waals surface area contributed by atoms with E-state index >= 15 is 0 Å². The van der Waals surface area contributed by atoms with E-state index in [0.29, 0.717) is 5.56 Å². The van der Waals surface area contributed by atoms with Gasteiger partial charge in [-0.3, -0.25) is 0 Å². The summed E-state index contributed by atoms with van der Waals surface area (Å²) >= 11 is 0. The largest absolute Gasteiger partial charge is 0.492 e. The van der Waals surface area contributed by atoms with Crippen LogP contribution in [-0.4, -0.2) is 6.61 Å². The van der Waals surface area contributed by atoms with Crippen molar-refractivity contribution in [1.82, 2.24) is 0 Å². The SMILES string of the molecule is Cc1ccc(OCC(N)c2ccccc2F)cc1C. The summed E-state index contributed by atoms with van der Waals surface area (Å²) in [6, 6.07) is 11.9. The number of benzene rings is 2. The minimum atomic E-state index is -0.470. The molecule has 2 N–H and O–H groups in total. The maximum Gasteiger partial charge on any atom is 0.128 e. The molecule has 0 spiro atoms. The molecule has 19 heavy (non-hydrogen) atoms. The first-order valence-corrected chi connectivity index (χ1v) is 6.28. The van der Waals surface area contributed by atoms with Crippen LogP contribution in [0.5, 0.6) is 5.75 Å². The fourth-order valence-electron chi connectivity index (χ4n) is 1.86. The normalized spacial score (nSPS) is 12.2. The molecule has 1 unspecified atom stereocenters. The molecule has 0 radical (unpaired) electrons. The van der Waals surface area contributed by atoms with E-state index in [2.05, 4.69) is 0 Å². The number of hydrogen-bond acceptors (Lipinski definition) is 2. The molecule has 2 rings (SSSR count). The highest BCUT2D eigenvalue weighted by Crippen LogP contribution is 2.19. The van der Waals surface area contributed by atoms with Crippen LogP contribution in [0.4, 0.5) is 4.39 Å². The Morgan fingerprint density at radius 3 is 2.53 bits per heavy atom. The number of nitrogens with two attached hydrogens (primary N) is 1. The molecule has 2 aromatic carbocycles. The molecule has 0 aromatic heterocycles. The van der Waals surface area contributed by atoms with Gasteiger partial charge in [-0.25, -0.2) is 4.39 Å². The van der Waals surface area contributed by atoms with E-state index in [9.17, 15) is 4.39 Å². The van der Waals surface area contributed by atoms with Gasteiger partial charge in [0.15, 0.2) is 0 Å². The highest BCUT2D eigenvalue weighted by atomic mass is 19.1. The minimum Gasteiger partial charge on any atom is -0.492 e. The number of rotatable bonds is 4. The van der Waals surface area contributed by atoms with Crippen molar-refractivity contribution in [2.24, 2.45) is 5.73 Å². The third-order valence-corrected chi connectivity index (χ3v) is 3.21. The Labute approximate surface area is 113 Å². The van der Waals surface area contributed by atoms with Gasteiger partial charge in [0, 0.05) is 5.56 Å². The molecule has 0 saturated heterocycles. The van der Waals surface area contributed by atoms with Gasteiger partial charge in [-0.05, 0) is 43.2 Å². The fourth-order valence-corrected chi connectivity index (χ4v) is 1.86. The second-order valence-electron chi connectivity index (χ2n) is 4.69. The first kappa shape index (κ1) is 13.6. The standard InChI is InChI=1S/C16H18FNO/c1-11-7-8-13(9-12(11)2)19-10-16(18)14-5-3-4-6-15(14)17/h3-9,16H,10,18H2,1-2H3. The fraction of sp³-hybridized carbons (Fsp3) is 0.250. The quantitative estimate of drug-likeness (QED) is 0.911. The van der Waals surface area contributed by atoms with Gasteiger partial charge in [0.1, 0.15) is 18.2 Å². The molecule has 0 aliphatic rings. The lowest BCUT2D eigenvalue weighted by Gasteiger charge is -2.15. The minimum absolute atomic E-state index is 0.253. The van der Waals surface area contributed by atoms with Crippen LogP contribution in [-0.2, 0) is 0 Å². The average molecular weight is 259 g/mol. The van der Waals surface area contributed by atoms with Gasteiger partial charge in [0.25, 0.3) is 0 Å². The first-order chi connectivity index (χ1) is 9.08. The van der Waals surface area contributed by atoms with Crippen LogP contribution in [0, 0.1) is 19.7 Å². The Bertz CT molecular complexity index is 568. The van der Waals surface area contributed by atoms with Gasteiger partial charge in [0.2, 0.25) is 0 Å². The number of halogens is 1. The third-order valence-electron chi connectivity index (χ3n) is 3.21. The van der Waals surface area contributed by atoms with E-state index < -0.39 is 6.04 Å². The lowest BCUT2D eigenvalue weighted by molar-refractivity contribution is 0.287. The molecule has 3 heteroatoms. The Kier molecular flexibility index (Phi) is 4.17. The lowest BCUT2D eigenvalue weighted by atomic mass is 10.1. The van der Waals surface area contributed by atoms with Crippen LogP contribution in [0.25, 0.3) is 0 Å². The Balaban J connectivity index is 2.02. The van der Waals surface area contributed by atoms with Crippen molar-refractivity contribution in [1.29, 1.82) is 0 Å². The van der Waals surface area contributed by atoms with Crippen LogP contribution in [0.3, 0.4) is 0 Å². The van der Waals surface area contributed by atoms with Crippen molar-refractivity contribution in [2.75, 3.05) is 6.61 Å². The molecule has 0 heterocycles. The van der Waals surface area contributed by atoms with E-state index in [1.165, 1.54) is 11.6 Å². The Hall–Kier alpha value is -1.87. The number of hydrogen-bond donors (Lipinski definition) is 1. The summed E-state index contributed by atoms with van der Waals surface area (Å²) in [6.07, 6.45) is 0. The molecule has 2 aromatic rings. The van der Waals surface area contributed by atoms with Crippen LogP contribution in [0.1, 0.15) is 22.7 Å². The predicted molar refractivity (Wildman–Crippen MR) is 74.7 cm³/mol. The maximum atomic E-state index is 13.5. The van der Waals surface area contributed by atoms with Gasteiger partial charge in [-0.2, -0.15) is 0 Å². The van der Waals surface area contributed by atoms with Crippen LogP contribution < -0.4 is 10.5 Å². The average Bonchev–Trinajstić information content (AvgIpc) is 2.40. The summed E-state index contributed by atoms with van der Waals surface area (Å²) in [6.45, 7) is 4.33. The molecule has 0 amide bonds. The van der Waals surface area contributed by atoms with E-state index in [1.807, 2.05) is 32.0 Å². The molecular formula is C16H18FNO. The monoisotopic (exact) mass is 259 g/mol. The summed E-state index contributed by atoms with van der Waals surface area (Å²) < 4.78 is 19.2. The van der Waals surface area contributed by atoms with Crippen molar-refractivity contribution in [3.8, 4) is 5.75 Å². The summed E-state index contributed by atoms with van der Waals surface area (Å²) in [4.78, 5) is 0. The zero-order valence-corrected chi connectivity index (χ0v) is 11.2. The zero-order valence-electron chi connectivity index (χ0n) is 11.2. The molecule has 2 nitrogen and oxygen atoms in total. The first-order valence-electron chi connectivity index (χ1n) is 6.28. The highest BCUT2D eigenvalue weighted by Gasteiger charge is 2.11. The predicted octanol–water partition coefficient (Wildman–Crippen LogP) is 3.52. The summed E-state index contributed by atoms with van der Waals surface area (Å²) in [5.41, 5.74) is 8.80. The maximum absolute atomic E-state index is 13.5. The van der Waals surface area contributed by atoms with Crippen molar-refractivity contribution in [2.45, 2.75) is 19.9 Å². The van der Waals surface area contributed by atoms with Crippen molar-refractivity contribution >= 4 is 0 Å². The molecular weight excluding hydrogens is 241 g/mol. The molecule has 0 saturated carbocycles. The summed E-state index contributed by atoms with van der Waals surface area (Å²) in [5.74, 6) is 0.466. The molecule has 0 bridgehead atoms. The van der Waals surface area contributed by atoms with Gasteiger partial charge >= 0.3 is 0 Å². The van der Waals surface area contributed by atoms with Crippen molar-refractivity contribution in [3.63, 3.8) is 0 Å². The second kappa shape index (κ2) is 5.85. The van der Waals surface area contributed by atoms with Crippen LogP contribution in [0.2, 0.25) is 0 Å². The van der Waals surface area contributed by atoms with Gasteiger partial charge in [-0.15, -0.1) is 0 Å². The molecule has 0 aliphatic heterocycles. The lowest BCUT2D eigenvalue weighted by Crippen LogP contribution is -2.20. The second-order valence-corrected chi connectivity index (χ2v) is 4.69.